The van der Waals surface area contributed by atoms with E-state index in [1.807, 2.05) is 0 Å². The summed E-state index contributed by atoms with van der Waals surface area (Å²) in [6.07, 6.45) is 1.90. The third kappa shape index (κ3) is 2.67. The predicted octanol–water partition coefficient (Wildman–Crippen LogP) is 0.887. The average Bonchev–Trinajstić information content (AvgIpc) is 2.84. The Kier molecular flexibility index (Phi) is 3.98. The number of ether oxygens (including phenoxy) is 1. The fraction of sp³-hybridized carbons (Fsp3) is 0.250. The maximum absolute atomic E-state index is 14.1. The first kappa shape index (κ1) is 13.3. The van der Waals surface area contributed by atoms with Gasteiger partial charge in [0.05, 0.1) is 19.3 Å². The molecule has 0 amide bonds. The number of benzene rings is 1. The highest BCUT2D eigenvalue weighted by molar-refractivity contribution is 5.41. The van der Waals surface area contributed by atoms with Gasteiger partial charge in [0.1, 0.15) is 5.82 Å². The maximum Gasteiger partial charge on any atom is 0.168 e. The standard InChI is InChI=1S/C12H16FN5O/c1-19-10-4-2-3-7(11(10)13)5-9(17-15)8-6-16-18-12(8)14/h2-4,6,9,17H,5,15H2,1H3,(H3,14,16,18). The molecule has 2 aromatic rings. The highest BCUT2D eigenvalue weighted by atomic mass is 19.1. The molecule has 1 heterocycles. The van der Waals surface area contributed by atoms with Gasteiger partial charge < -0.3 is 10.5 Å². The van der Waals surface area contributed by atoms with Crippen LogP contribution in [0, 0.1) is 5.82 Å². The lowest BCUT2D eigenvalue weighted by atomic mass is 10.0. The summed E-state index contributed by atoms with van der Waals surface area (Å²) in [4.78, 5) is 0. The number of H-pyrrole nitrogens is 1. The van der Waals surface area contributed by atoms with Gasteiger partial charge in [0.25, 0.3) is 0 Å². The number of halogens is 1. The summed E-state index contributed by atoms with van der Waals surface area (Å²) in [5.74, 6) is 5.72. The number of anilines is 1. The van der Waals surface area contributed by atoms with E-state index >= 15 is 0 Å². The molecule has 102 valence electrons. The Morgan fingerprint density at radius 2 is 2.32 bits per heavy atom. The Morgan fingerprint density at radius 3 is 2.89 bits per heavy atom. The number of methoxy groups -OCH3 is 1. The zero-order chi connectivity index (χ0) is 13.8. The molecule has 0 aliphatic carbocycles. The molecule has 1 aromatic heterocycles. The van der Waals surface area contributed by atoms with Crippen molar-refractivity contribution in [1.29, 1.82) is 0 Å². The number of hydrazine groups is 1. The molecule has 0 spiro atoms. The van der Waals surface area contributed by atoms with Crippen molar-refractivity contribution >= 4 is 5.82 Å². The van der Waals surface area contributed by atoms with Gasteiger partial charge in [-0.1, -0.05) is 12.1 Å². The van der Waals surface area contributed by atoms with Crippen molar-refractivity contribution in [3.05, 3.63) is 41.3 Å². The molecule has 0 aliphatic rings. The van der Waals surface area contributed by atoms with Crippen LogP contribution < -0.4 is 21.7 Å². The van der Waals surface area contributed by atoms with Crippen molar-refractivity contribution in [2.24, 2.45) is 5.84 Å². The highest BCUT2D eigenvalue weighted by Gasteiger charge is 2.18. The zero-order valence-corrected chi connectivity index (χ0v) is 10.5. The molecule has 1 atom stereocenters. The smallest absolute Gasteiger partial charge is 0.168 e. The number of nitrogen functional groups attached to an aromatic ring is 1. The summed E-state index contributed by atoms with van der Waals surface area (Å²) < 4.78 is 19.0. The Hall–Kier alpha value is -2.12. The normalized spacial score (nSPS) is 12.4. The molecule has 0 aliphatic heterocycles. The van der Waals surface area contributed by atoms with E-state index in [1.165, 1.54) is 7.11 Å². The van der Waals surface area contributed by atoms with Crippen LogP contribution in [0.4, 0.5) is 10.2 Å². The summed E-state index contributed by atoms with van der Waals surface area (Å²) in [6, 6.07) is 4.64. The first-order chi connectivity index (χ1) is 9.17. The van der Waals surface area contributed by atoms with E-state index in [0.717, 1.165) is 0 Å². The van der Waals surface area contributed by atoms with Crippen LogP contribution in [0.1, 0.15) is 17.2 Å². The van der Waals surface area contributed by atoms with Gasteiger partial charge in [0, 0.05) is 5.56 Å². The second-order valence-corrected chi connectivity index (χ2v) is 4.10. The fourth-order valence-corrected chi connectivity index (χ4v) is 1.93. The Morgan fingerprint density at radius 1 is 1.53 bits per heavy atom. The highest BCUT2D eigenvalue weighted by Crippen LogP contribution is 2.26. The predicted molar refractivity (Wildman–Crippen MR) is 69.7 cm³/mol. The second-order valence-electron chi connectivity index (χ2n) is 4.10. The number of hydrogen-bond acceptors (Lipinski definition) is 5. The fourth-order valence-electron chi connectivity index (χ4n) is 1.93. The van der Waals surface area contributed by atoms with Crippen LogP contribution in [0.5, 0.6) is 5.75 Å². The summed E-state index contributed by atoms with van der Waals surface area (Å²) in [5.41, 5.74) is 9.53. The molecule has 0 saturated heterocycles. The Balaban J connectivity index is 2.27. The number of aromatic amines is 1. The van der Waals surface area contributed by atoms with Gasteiger partial charge in [-0.25, -0.2) is 4.39 Å². The van der Waals surface area contributed by atoms with Gasteiger partial charge in [-0.15, -0.1) is 0 Å². The molecular formula is C12H16FN5O. The minimum Gasteiger partial charge on any atom is -0.494 e. The molecule has 1 aromatic carbocycles. The van der Waals surface area contributed by atoms with Crippen molar-refractivity contribution in [2.75, 3.05) is 12.8 Å². The van der Waals surface area contributed by atoms with Gasteiger partial charge in [-0.05, 0) is 18.1 Å². The number of nitrogens with two attached hydrogens (primary N) is 2. The molecule has 0 bridgehead atoms. The van der Waals surface area contributed by atoms with E-state index in [2.05, 4.69) is 15.6 Å². The van der Waals surface area contributed by atoms with Crippen LogP contribution in [-0.4, -0.2) is 17.3 Å². The Bertz CT molecular complexity index is 557. The van der Waals surface area contributed by atoms with Crippen LogP contribution in [-0.2, 0) is 6.42 Å². The van der Waals surface area contributed by atoms with Gasteiger partial charge >= 0.3 is 0 Å². The molecule has 2 rings (SSSR count). The number of nitrogens with one attached hydrogen (secondary N) is 2. The monoisotopic (exact) mass is 265 g/mol. The van der Waals surface area contributed by atoms with Crippen molar-refractivity contribution in [2.45, 2.75) is 12.5 Å². The molecule has 1 unspecified atom stereocenters. The number of hydrogen-bond donors (Lipinski definition) is 4. The third-order valence-electron chi connectivity index (χ3n) is 2.96. The van der Waals surface area contributed by atoms with Gasteiger partial charge in [0.15, 0.2) is 11.6 Å². The van der Waals surface area contributed by atoms with Crippen molar-refractivity contribution in [3.8, 4) is 5.75 Å². The number of aromatic nitrogens is 2. The van der Waals surface area contributed by atoms with Crippen LogP contribution in [0.15, 0.2) is 24.4 Å². The van der Waals surface area contributed by atoms with Gasteiger partial charge in [0.2, 0.25) is 0 Å². The van der Waals surface area contributed by atoms with E-state index in [9.17, 15) is 4.39 Å². The maximum atomic E-state index is 14.1. The first-order valence-electron chi connectivity index (χ1n) is 5.73. The molecule has 6 nitrogen and oxygen atoms in total. The molecule has 0 radical (unpaired) electrons. The van der Waals surface area contributed by atoms with Crippen LogP contribution >= 0.6 is 0 Å². The molecule has 0 saturated carbocycles. The van der Waals surface area contributed by atoms with E-state index in [-0.39, 0.29) is 11.8 Å². The van der Waals surface area contributed by atoms with Gasteiger partial charge in [-0.3, -0.25) is 16.4 Å². The topological polar surface area (TPSA) is 102 Å². The van der Waals surface area contributed by atoms with Crippen LogP contribution in [0.2, 0.25) is 0 Å². The van der Waals surface area contributed by atoms with Crippen LogP contribution in [0.25, 0.3) is 0 Å². The summed E-state index contributed by atoms with van der Waals surface area (Å²) in [6.45, 7) is 0. The third-order valence-corrected chi connectivity index (χ3v) is 2.96. The SMILES string of the molecule is COc1cccc(CC(NN)c2cn[nH]c2N)c1F. The lowest BCUT2D eigenvalue weighted by Crippen LogP contribution is -2.30. The van der Waals surface area contributed by atoms with E-state index < -0.39 is 5.82 Å². The lowest BCUT2D eigenvalue weighted by molar-refractivity contribution is 0.382. The minimum absolute atomic E-state index is 0.202. The molecule has 0 fully saturated rings. The van der Waals surface area contributed by atoms with Gasteiger partial charge in [-0.2, -0.15) is 5.10 Å². The largest absolute Gasteiger partial charge is 0.494 e. The Labute approximate surface area is 109 Å². The average molecular weight is 265 g/mol. The molecule has 7 heteroatoms. The zero-order valence-electron chi connectivity index (χ0n) is 10.5. The molecule has 19 heavy (non-hydrogen) atoms. The first-order valence-corrected chi connectivity index (χ1v) is 5.73. The quantitative estimate of drug-likeness (QED) is 0.475. The van der Waals surface area contributed by atoms with E-state index in [0.29, 0.717) is 23.4 Å². The van der Waals surface area contributed by atoms with Crippen molar-refractivity contribution in [1.82, 2.24) is 15.6 Å². The van der Waals surface area contributed by atoms with Crippen molar-refractivity contribution in [3.63, 3.8) is 0 Å². The van der Waals surface area contributed by atoms with Crippen molar-refractivity contribution < 1.29 is 9.13 Å². The number of nitrogens with zero attached hydrogens (tertiary/aromatic N) is 1. The van der Waals surface area contributed by atoms with E-state index in [1.54, 1.807) is 24.4 Å². The molecule has 6 N–H and O–H groups in total. The molecular weight excluding hydrogens is 249 g/mol. The second kappa shape index (κ2) is 5.68. The summed E-state index contributed by atoms with van der Waals surface area (Å²) in [7, 11) is 1.43. The lowest BCUT2D eigenvalue weighted by Gasteiger charge is -2.16. The summed E-state index contributed by atoms with van der Waals surface area (Å²) >= 11 is 0. The number of rotatable bonds is 5. The van der Waals surface area contributed by atoms with Crippen LogP contribution in [0.3, 0.4) is 0 Å². The summed E-state index contributed by atoms with van der Waals surface area (Å²) in [5, 5.41) is 6.44. The minimum atomic E-state index is -0.396. The van der Waals surface area contributed by atoms with E-state index in [4.69, 9.17) is 16.3 Å².